The Bertz CT molecular complexity index is 341. The van der Waals surface area contributed by atoms with E-state index in [9.17, 15) is 4.79 Å². The van der Waals surface area contributed by atoms with Gasteiger partial charge >= 0.3 is 5.97 Å². The Labute approximate surface area is 93.9 Å². The second kappa shape index (κ2) is 5.75. The second-order valence-electron chi connectivity index (χ2n) is 3.50. The summed E-state index contributed by atoms with van der Waals surface area (Å²) in [6.07, 6.45) is 4.24. The molecule has 0 aromatic carbocycles. The van der Waals surface area contributed by atoms with E-state index in [0.717, 1.165) is 17.1 Å². The van der Waals surface area contributed by atoms with E-state index >= 15 is 0 Å². The Morgan fingerprint density at radius 1 is 1.67 bits per heavy atom. The van der Waals surface area contributed by atoms with E-state index in [2.05, 4.69) is 18.8 Å². The van der Waals surface area contributed by atoms with Gasteiger partial charge in [0.1, 0.15) is 0 Å². The van der Waals surface area contributed by atoms with Crippen LogP contribution in [-0.2, 0) is 0 Å². The van der Waals surface area contributed by atoms with E-state index in [1.54, 1.807) is 24.0 Å². The maximum Gasteiger partial charge on any atom is 0.336 e. The summed E-state index contributed by atoms with van der Waals surface area (Å²) in [4.78, 5) is 15.6. The molecule has 1 atom stereocenters. The molecule has 0 aliphatic heterocycles. The van der Waals surface area contributed by atoms with E-state index in [1.807, 2.05) is 0 Å². The molecule has 1 aromatic rings. The van der Waals surface area contributed by atoms with Crippen molar-refractivity contribution < 1.29 is 9.90 Å². The molecule has 0 aliphatic rings. The minimum absolute atomic E-state index is 0.346. The van der Waals surface area contributed by atoms with E-state index in [0.29, 0.717) is 11.5 Å². The minimum atomic E-state index is -0.885. The molecule has 0 radical (unpaired) electrons. The first-order valence-corrected chi connectivity index (χ1v) is 5.93. The summed E-state index contributed by atoms with van der Waals surface area (Å²) in [5, 5.41) is 8.95. The zero-order chi connectivity index (χ0) is 11.3. The first kappa shape index (κ1) is 12.0. The molecular weight excluding hydrogens is 210 g/mol. The maximum absolute atomic E-state index is 10.9. The molecule has 1 heterocycles. The first-order valence-electron chi connectivity index (χ1n) is 4.95. The third kappa shape index (κ3) is 3.55. The highest BCUT2D eigenvalue weighted by molar-refractivity contribution is 7.99. The van der Waals surface area contributed by atoms with Crippen molar-refractivity contribution in [2.75, 3.05) is 5.75 Å². The number of carbonyl (C=O) groups is 1. The number of rotatable bonds is 5. The molecule has 0 saturated heterocycles. The Balaban J connectivity index is 2.72. The van der Waals surface area contributed by atoms with Gasteiger partial charge in [0, 0.05) is 23.0 Å². The van der Waals surface area contributed by atoms with Crippen LogP contribution in [0.25, 0.3) is 0 Å². The normalized spacial score (nSPS) is 12.4. The van der Waals surface area contributed by atoms with Crippen LogP contribution >= 0.6 is 11.8 Å². The van der Waals surface area contributed by atoms with Gasteiger partial charge in [-0.3, -0.25) is 4.98 Å². The minimum Gasteiger partial charge on any atom is -0.478 e. The highest BCUT2D eigenvalue weighted by Crippen LogP contribution is 2.24. The van der Waals surface area contributed by atoms with Crippen LogP contribution in [0.4, 0.5) is 0 Å². The molecule has 0 spiro atoms. The van der Waals surface area contributed by atoms with Crippen molar-refractivity contribution in [1.82, 2.24) is 4.98 Å². The van der Waals surface area contributed by atoms with Crippen molar-refractivity contribution in [3.05, 3.63) is 24.0 Å². The Hall–Kier alpha value is -1.03. The van der Waals surface area contributed by atoms with Gasteiger partial charge in [-0.2, -0.15) is 0 Å². The van der Waals surface area contributed by atoms with Crippen LogP contribution in [-0.4, -0.2) is 21.8 Å². The topological polar surface area (TPSA) is 50.2 Å². The molecule has 4 heteroatoms. The van der Waals surface area contributed by atoms with Gasteiger partial charge in [0.25, 0.3) is 0 Å². The van der Waals surface area contributed by atoms with Gasteiger partial charge in [0.2, 0.25) is 0 Å². The molecule has 3 nitrogen and oxygen atoms in total. The van der Waals surface area contributed by atoms with Crippen LogP contribution in [0.1, 0.15) is 30.6 Å². The molecule has 1 N–H and O–H groups in total. The summed E-state index contributed by atoms with van der Waals surface area (Å²) < 4.78 is 0. The quantitative estimate of drug-likeness (QED) is 0.783. The van der Waals surface area contributed by atoms with Gasteiger partial charge in [0.05, 0.1) is 5.56 Å². The second-order valence-corrected chi connectivity index (χ2v) is 4.56. The summed E-state index contributed by atoms with van der Waals surface area (Å²) in [5.74, 6) is 0.642. The Kier molecular flexibility index (Phi) is 4.62. The monoisotopic (exact) mass is 225 g/mol. The molecule has 0 bridgehead atoms. The first-order chi connectivity index (χ1) is 7.15. The standard InChI is InChI=1S/C11H15NO2S/c1-3-8(2)7-15-10-6-12-5-4-9(10)11(13)14/h4-6,8H,3,7H2,1-2H3,(H,13,14). The number of thioether (sulfide) groups is 1. The van der Waals surface area contributed by atoms with E-state index in [4.69, 9.17) is 5.11 Å². The van der Waals surface area contributed by atoms with Gasteiger partial charge in [-0.1, -0.05) is 20.3 Å². The van der Waals surface area contributed by atoms with Crippen LogP contribution in [0.5, 0.6) is 0 Å². The summed E-state index contributed by atoms with van der Waals surface area (Å²) in [6.45, 7) is 4.29. The third-order valence-electron chi connectivity index (χ3n) is 2.24. The lowest BCUT2D eigenvalue weighted by Gasteiger charge is -2.08. The van der Waals surface area contributed by atoms with Crippen molar-refractivity contribution in [3.63, 3.8) is 0 Å². The molecule has 82 valence electrons. The number of hydrogen-bond acceptors (Lipinski definition) is 3. The zero-order valence-electron chi connectivity index (χ0n) is 8.93. The van der Waals surface area contributed by atoms with Crippen LogP contribution < -0.4 is 0 Å². The molecule has 1 rings (SSSR count). The van der Waals surface area contributed by atoms with Crippen molar-refractivity contribution in [1.29, 1.82) is 0 Å². The van der Waals surface area contributed by atoms with Gasteiger partial charge in [-0.25, -0.2) is 4.79 Å². The average molecular weight is 225 g/mol. The van der Waals surface area contributed by atoms with Crippen LogP contribution in [0.3, 0.4) is 0 Å². The molecule has 1 aromatic heterocycles. The molecule has 0 amide bonds. The molecule has 15 heavy (non-hydrogen) atoms. The predicted octanol–water partition coefficient (Wildman–Crippen LogP) is 2.92. The van der Waals surface area contributed by atoms with E-state index in [1.165, 1.54) is 6.20 Å². The molecule has 0 fully saturated rings. The van der Waals surface area contributed by atoms with Crippen molar-refractivity contribution in [2.24, 2.45) is 5.92 Å². The molecular formula is C11H15NO2S. The van der Waals surface area contributed by atoms with Gasteiger partial charge in [-0.15, -0.1) is 11.8 Å². The highest BCUT2D eigenvalue weighted by atomic mass is 32.2. The van der Waals surface area contributed by atoms with Crippen LogP contribution in [0, 0.1) is 5.92 Å². The van der Waals surface area contributed by atoms with Crippen molar-refractivity contribution in [2.45, 2.75) is 25.2 Å². The number of carboxylic acid groups (broad SMARTS) is 1. The fourth-order valence-electron chi connectivity index (χ4n) is 1.02. The summed E-state index contributed by atoms with van der Waals surface area (Å²) in [5.41, 5.74) is 0.346. The zero-order valence-corrected chi connectivity index (χ0v) is 9.75. The lowest BCUT2D eigenvalue weighted by molar-refractivity contribution is 0.0693. The number of carboxylic acids is 1. The smallest absolute Gasteiger partial charge is 0.336 e. The Morgan fingerprint density at radius 3 is 3.00 bits per heavy atom. The predicted molar refractivity (Wildman–Crippen MR) is 61.4 cm³/mol. The summed E-state index contributed by atoms with van der Waals surface area (Å²) in [7, 11) is 0. The highest BCUT2D eigenvalue weighted by Gasteiger charge is 2.10. The van der Waals surface area contributed by atoms with Crippen LogP contribution in [0.15, 0.2) is 23.4 Å². The lowest BCUT2D eigenvalue weighted by atomic mass is 10.2. The fraction of sp³-hybridized carbons (Fsp3) is 0.455. The molecule has 0 aliphatic carbocycles. The van der Waals surface area contributed by atoms with Gasteiger partial charge in [0.15, 0.2) is 0 Å². The number of aromatic nitrogens is 1. The number of aromatic carboxylic acids is 1. The Morgan fingerprint density at radius 2 is 2.40 bits per heavy atom. The van der Waals surface area contributed by atoms with E-state index in [-0.39, 0.29) is 0 Å². The number of nitrogens with zero attached hydrogens (tertiary/aromatic N) is 1. The number of hydrogen-bond donors (Lipinski definition) is 1. The van der Waals surface area contributed by atoms with Gasteiger partial charge < -0.3 is 5.11 Å². The van der Waals surface area contributed by atoms with Crippen molar-refractivity contribution in [3.8, 4) is 0 Å². The molecule has 0 saturated carbocycles. The third-order valence-corrected chi connectivity index (χ3v) is 3.61. The average Bonchev–Trinajstić information content (AvgIpc) is 2.26. The fourth-order valence-corrected chi connectivity index (χ4v) is 2.17. The summed E-state index contributed by atoms with van der Waals surface area (Å²) >= 11 is 1.56. The van der Waals surface area contributed by atoms with E-state index < -0.39 is 5.97 Å². The maximum atomic E-state index is 10.9. The van der Waals surface area contributed by atoms with Gasteiger partial charge in [-0.05, 0) is 12.0 Å². The largest absolute Gasteiger partial charge is 0.478 e. The SMILES string of the molecule is CCC(C)CSc1cnccc1C(=O)O. The lowest BCUT2D eigenvalue weighted by Crippen LogP contribution is -2.01. The number of pyridine rings is 1. The van der Waals surface area contributed by atoms with Crippen LogP contribution in [0.2, 0.25) is 0 Å². The molecule has 1 unspecified atom stereocenters. The summed E-state index contributed by atoms with van der Waals surface area (Å²) in [6, 6.07) is 1.54. The van der Waals surface area contributed by atoms with Crippen molar-refractivity contribution >= 4 is 17.7 Å².